The van der Waals surface area contributed by atoms with E-state index in [0.717, 1.165) is 49.2 Å². The minimum Gasteiger partial charge on any atom is -0.493 e. The minimum absolute atomic E-state index is 0.665. The average Bonchev–Trinajstić information content (AvgIpc) is 3.10. The predicted octanol–water partition coefficient (Wildman–Crippen LogP) is 4.60. The molecule has 0 spiro atoms. The Kier molecular flexibility index (Phi) is 6.17. The van der Waals surface area contributed by atoms with Crippen LogP contribution in [-0.4, -0.2) is 27.1 Å². The van der Waals surface area contributed by atoms with Gasteiger partial charge in [-0.2, -0.15) is 0 Å². The lowest BCUT2D eigenvalue weighted by atomic mass is 10.1. The summed E-state index contributed by atoms with van der Waals surface area (Å²) >= 11 is 5.26. The first-order valence-corrected chi connectivity index (χ1v) is 9.31. The highest BCUT2D eigenvalue weighted by atomic mass is 32.1. The molecule has 0 amide bonds. The van der Waals surface area contributed by atoms with Gasteiger partial charge in [-0.3, -0.25) is 0 Å². The highest BCUT2D eigenvalue weighted by Gasteiger charge is 2.06. The maximum absolute atomic E-state index is 5.40. The van der Waals surface area contributed by atoms with Gasteiger partial charge in [-0.1, -0.05) is 36.0 Å². The zero-order chi connectivity index (χ0) is 18.4. The van der Waals surface area contributed by atoms with E-state index in [2.05, 4.69) is 34.4 Å². The van der Waals surface area contributed by atoms with Gasteiger partial charge in [-0.05, 0) is 61.9 Å². The van der Waals surface area contributed by atoms with Gasteiger partial charge in [-0.25, -0.2) is 4.68 Å². The number of aromatic amines is 1. The average molecular weight is 369 g/mol. The molecule has 0 saturated carbocycles. The molecule has 0 fully saturated rings. The van der Waals surface area contributed by atoms with Crippen LogP contribution in [0.15, 0.2) is 42.7 Å². The van der Waals surface area contributed by atoms with Crippen LogP contribution in [0.1, 0.15) is 36.1 Å². The number of ether oxygens (including phenoxy) is 1. The summed E-state index contributed by atoms with van der Waals surface area (Å²) in [4.78, 5) is 3.01. The molecule has 26 heavy (non-hydrogen) atoms. The molecule has 3 aromatic rings. The van der Waals surface area contributed by atoms with Gasteiger partial charge in [0.25, 0.3) is 0 Å². The van der Waals surface area contributed by atoms with Crippen molar-refractivity contribution in [1.29, 1.82) is 0 Å². The van der Waals surface area contributed by atoms with Gasteiger partial charge >= 0.3 is 0 Å². The van der Waals surface area contributed by atoms with Crippen molar-refractivity contribution in [3.05, 3.63) is 64.2 Å². The zero-order valence-electron chi connectivity index (χ0n) is 15.2. The molecule has 5 nitrogen and oxygen atoms in total. The summed E-state index contributed by atoms with van der Waals surface area (Å²) in [6.45, 7) is 2.08. The molecule has 0 bridgehead atoms. The van der Waals surface area contributed by atoms with E-state index in [1.165, 1.54) is 11.1 Å². The van der Waals surface area contributed by atoms with Crippen LogP contribution >= 0.6 is 12.2 Å². The Morgan fingerprint density at radius 1 is 1.15 bits per heavy atom. The quantitative estimate of drug-likeness (QED) is 0.466. The second kappa shape index (κ2) is 8.76. The molecule has 0 aliphatic carbocycles. The number of aryl methyl sites for hydroxylation is 3. The molecule has 0 saturated heterocycles. The third kappa shape index (κ3) is 4.58. The summed E-state index contributed by atoms with van der Waals surface area (Å²) < 4.78 is 7.91. The molecule has 0 atom stereocenters. The summed E-state index contributed by atoms with van der Waals surface area (Å²) in [7, 11) is 1.67. The molecule has 1 N–H and O–H groups in total. The van der Waals surface area contributed by atoms with Gasteiger partial charge < -0.3 is 9.72 Å². The number of pyridine rings is 1. The molecular weight excluding hydrogens is 344 g/mol. The molecule has 0 unspecified atom stereocenters. The molecule has 0 aliphatic heterocycles. The Morgan fingerprint density at radius 3 is 2.81 bits per heavy atom. The standard InChI is InChI=1S/C20H24N4OS/c1-15-7-6-10-18(13-15)24-14-17(22-23-24)9-5-3-4-8-16-11-12-21-20(26)19(16)25-2/h6-7,10-14H,3-5,8-9H2,1-2H3,(H,21,26). The molecule has 2 heterocycles. The van der Waals surface area contributed by atoms with E-state index in [4.69, 9.17) is 17.0 Å². The van der Waals surface area contributed by atoms with E-state index in [1.807, 2.05) is 35.3 Å². The number of H-pyrrole nitrogens is 1. The fourth-order valence-electron chi connectivity index (χ4n) is 3.03. The van der Waals surface area contributed by atoms with Gasteiger partial charge in [0.1, 0.15) is 4.64 Å². The first-order valence-electron chi connectivity index (χ1n) is 8.90. The van der Waals surface area contributed by atoms with E-state index in [0.29, 0.717) is 4.64 Å². The van der Waals surface area contributed by atoms with Crippen LogP contribution in [0.4, 0.5) is 0 Å². The summed E-state index contributed by atoms with van der Waals surface area (Å²) in [5, 5.41) is 8.53. The van der Waals surface area contributed by atoms with Crippen LogP contribution < -0.4 is 4.74 Å². The van der Waals surface area contributed by atoms with E-state index >= 15 is 0 Å². The monoisotopic (exact) mass is 368 g/mol. The molecule has 3 rings (SSSR count). The molecule has 0 aliphatic rings. The lowest BCUT2D eigenvalue weighted by molar-refractivity contribution is 0.405. The number of benzene rings is 1. The number of hydrogen-bond acceptors (Lipinski definition) is 4. The summed E-state index contributed by atoms with van der Waals surface area (Å²) in [5.41, 5.74) is 4.47. The first kappa shape index (κ1) is 18.3. The van der Waals surface area contributed by atoms with Crippen LogP contribution in [0, 0.1) is 11.6 Å². The second-order valence-electron chi connectivity index (χ2n) is 6.42. The lowest BCUT2D eigenvalue weighted by Gasteiger charge is -2.07. The Morgan fingerprint density at radius 2 is 2.00 bits per heavy atom. The van der Waals surface area contributed by atoms with E-state index in [9.17, 15) is 0 Å². The maximum Gasteiger partial charge on any atom is 0.156 e. The highest BCUT2D eigenvalue weighted by molar-refractivity contribution is 7.71. The van der Waals surface area contributed by atoms with Crippen molar-refractivity contribution in [2.75, 3.05) is 7.11 Å². The topological polar surface area (TPSA) is 55.7 Å². The molecule has 136 valence electrons. The molecule has 6 heteroatoms. The van der Waals surface area contributed by atoms with Crippen molar-refractivity contribution in [3.63, 3.8) is 0 Å². The maximum atomic E-state index is 5.40. The normalized spacial score (nSPS) is 10.8. The third-order valence-electron chi connectivity index (χ3n) is 4.39. The van der Waals surface area contributed by atoms with Crippen molar-refractivity contribution >= 4 is 12.2 Å². The molecule has 2 aromatic heterocycles. The summed E-state index contributed by atoms with van der Waals surface area (Å²) in [6, 6.07) is 10.3. The Hall–Kier alpha value is -2.47. The van der Waals surface area contributed by atoms with Crippen LogP contribution in [0.5, 0.6) is 5.75 Å². The summed E-state index contributed by atoms with van der Waals surface area (Å²) in [6.07, 6.45) is 9.13. The van der Waals surface area contributed by atoms with Crippen LogP contribution in [-0.2, 0) is 12.8 Å². The van der Waals surface area contributed by atoms with Crippen molar-refractivity contribution in [3.8, 4) is 11.4 Å². The lowest BCUT2D eigenvalue weighted by Crippen LogP contribution is -1.95. The third-order valence-corrected chi connectivity index (χ3v) is 4.69. The number of rotatable bonds is 8. The van der Waals surface area contributed by atoms with Crippen LogP contribution in [0.3, 0.4) is 0 Å². The fourth-order valence-corrected chi connectivity index (χ4v) is 3.32. The van der Waals surface area contributed by atoms with Gasteiger partial charge in [0.2, 0.25) is 0 Å². The molecule has 1 aromatic carbocycles. The van der Waals surface area contributed by atoms with Crippen LogP contribution in [0.2, 0.25) is 0 Å². The minimum atomic E-state index is 0.665. The number of methoxy groups -OCH3 is 1. The number of aromatic nitrogens is 4. The predicted molar refractivity (Wildman–Crippen MR) is 106 cm³/mol. The number of unbranched alkanes of at least 4 members (excludes halogenated alkanes) is 2. The largest absolute Gasteiger partial charge is 0.493 e. The van der Waals surface area contributed by atoms with Gasteiger partial charge in [-0.15, -0.1) is 5.10 Å². The first-order chi connectivity index (χ1) is 12.7. The number of nitrogens with zero attached hydrogens (tertiary/aromatic N) is 3. The van der Waals surface area contributed by atoms with E-state index in [-0.39, 0.29) is 0 Å². The van der Waals surface area contributed by atoms with Crippen molar-refractivity contribution in [2.45, 2.75) is 39.0 Å². The van der Waals surface area contributed by atoms with E-state index in [1.54, 1.807) is 7.11 Å². The SMILES string of the molecule is COc1c(CCCCCc2cn(-c3cccc(C)c3)nn2)cc[nH]c1=S. The van der Waals surface area contributed by atoms with E-state index < -0.39 is 0 Å². The second-order valence-corrected chi connectivity index (χ2v) is 6.83. The van der Waals surface area contributed by atoms with Gasteiger partial charge in [0.05, 0.1) is 24.7 Å². The van der Waals surface area contributed by atoms with Gasteiger partial charge in [0, 0.05) is 6.20 Å². The smallest absolute Gasteiger partial charge is 0.156 e. The molecular formula is C20H24N4OS. The fraction of sp³-hybridized carbons (Fsp3) is 0.350. The van der Waals surface area contributed by atoms with Crippen molar-refractivity contribution < 1.29 is 4.74 Å². The Bertz CT molecular complexity index is 916. The Balaban J connectivity index is 1.48. The van der Waals surface area contributed by atoms with Crippen LogP contribution in [0.25, 0.3) is 5.69 Å². The Labute approximate surface area is 159 Å². The number of nitrogens with one attached hydrogen (secondary N) is 1. The zero-order valence-corrected chi connectivity index (χ0v) is 16.1. The summed E-state index contributed by atoms with van der Waals surface area (Å²) in [5.74, 6) is 0.795. The molecule has 0 radical (unpaired) electrons. The van der Waals surface area contributed by atoms with Gasteiger partial charge in [0.15, 0.2) is 5.75 Å². The highest BCUT2D eigenvalue weighted by Crippen LogP contribution is 2.20. The number of hydrogen-bond donors (Lipinski definition) is 1. The van der Waals surface area contributed by atoms with Crippen molar-refractivity contribution in [1.82, 2.24) is 20.0 Å². The van der Waals surface area contributed by atoms with Crippen molar-refractivity contribution in [2.24, 2.45) is 0 Å².